The minimum atomic E-state index is 0. The highest BCUT2D eigenvalue weighted by Gasteiger charge is 2.08. The van der Waals surface area contributed by atoms with Gasteiger partial charge in [-0.15, -0.1) is 12.4 Å². The molecule has 1 amide bonds. The molecule has 1 atom stereocenters. The Bertz CT molecular complexity index is 147. The second-order valence-electron chi connectivity index (χ2n) is 2.92. The summed E-state index contributed by atoms with van der Waals surface area (Å²) in [7, 11) is 0. The zero-order valence-electron chi connectivity index (χ0n) is 9.13. The maximum absolute atomic E-state index is 11.2. The number of thioether (sulfide) groups is 1. The van der Waals surface area contributed by atoms with Crippen LogP contribution in [0.3, 0.4) is 0 Å². The molecular formula is C9H21ClN2OS. The average Bonchev–Trinajstić information content (AvgIpc) is 2.16. The average molecular weight is 241 g/mol. The SMILES string of the molecule is CCCNCCNC(=O)C(C)SC.Cl. The fourth-order valence-electron chi connectivity index (χ4n) is 0.827. The first-order valence-corrected chi connectivity index (χ1v) is 6.02. The molecule has 0 spiro atoms. The van der Waals surface area contributed by atoms with Crippen LogP contribution in [0.5, 0.6) is 0 Å². The Kier molecular flexibility index (Phi) is 13.1. The molecule has 0 aromatic rings. The standard InChI is InChI=1S/C9H20N2OS.ClH/c1-4-5-10-6-7-11-9(12)8(2)13-3;/h8,10H,4-7H2,1-3H3,(H,11,12);1H. The van der Waals surface area contributed by atoms with E-state index in [2.05, 4.69) is 17.6 Å². The molecule has 14 heavy (non-hydrogen) atoms. The molecule has 0 aliphatic carbocycles. The summed E-state index contributed by atoms with van der Waals surface area (Å²) in [5, 5.41) is 6.16. The van der Waals surface area contributed by atoms with Crippen LogP contribution < -0.4 is 10.6 Å². The van der Waals surface area contributed by atoms with Gasteiger partial charge in [0.2, 0.25) is 5.91 Å². The fourth-order valence-corrected chi connectivity index (χ4v) is 1.12. The Labute approximate surface area is 97.2 Å². The number of nitrogens with one attached hydrogen (secondary N) is 2. The van der Waals surface area contributed by atoms with Gasteiger partial charge >= 0.3 is 0 Å². The van der Waals surface area contributed by atoms with Crippen LogP contribution in [0.1, 0.15) is 20.3 Å². The lowest BCUT2D eigenvalue weighted by atomic mass is 10.4. The third-order valence-corrected chi connectivity index (χ3v) is 2.67. The summed E-state index contributed by atoms with van der Waals surface area (Å²) in [6.45, 7) is 6.65. The Balaban J connectivity index is 0. The molecule has 5 heteroatoms. The van der Waals surface area contributed by atoms with E-state index in [1.165, 1.54) is 0 Å². The van der Waals surface area contributed by atoms with E-state index in [1.807, 2.05) is 13.2 Å². The molecule has 0 aliphatic heterocycles. The van der Waals surface area contributed by atoms with Crippen molar-refractivity contribution in [2.75, 3.05) is 25.9 Å². The summed E-state index contributed by atoms with van der Waals surface area (Å²) >= 11 is 1.57. The summed E-state index contributed by atoms with van der Waals surface area (Å²) in [6, 6.07) is 0. The smallest absolute Gasteiger partial charge is 0.232 e. The molecule has 0 rings (SSSR count). The van der Waals surface area contributed by atoms with Crippen molar-refractivity contribution in [2.24, 2.45) is 0 Å². The lowest BCUT2D eigenvalue weighted by molar-refractivity contribution is -0.120. The van der Waals surface area contributed by atoms with Crippen LogP contribution >= 0.6 is 24.2 Å². The quantitative estimate of drug-likeness (QED) is 0.659. The molecule has 3 nitrogen and oxygen atoms in total. The molecule has 0 saturated heterocycles. The number of amides is 1. The van der Waals surface area contributed by atoms with E-state index in [-0.39, 0.29) is 23.6 Å². The van der Waals surface area contributed by atoms with Crippen molar-refractivity contribution in [3.05, 3.63) is 0 Å². The fraction of sp³-hybridized carbons (Fsp3) is 0.889. The molecule has 0 radical (unpaired) electrons. The summed E-state index contributed by atoms with van der Waals surface area (Å²) in [5.41, 5.74) is 0. The summed E-state index contributed by atoms with van der Waals surface area (Å²) < 4.78 is 0. The van der Waals surface area contributed by atoms with Gasteiger partial charge in [0.15, 0.2) is 0 Å². The highest BCUT2D eigenvalue weighted by molar-refractivity contribution is 7.99. The van der Waals surface area contributed by atoms with Crippen molar-refractivity contribution in [3.63, 3.8) is 0 Å². The number of carbonyl (C=O) groups is 1. The Morgan fingerprint density at radius 2 is 2.00 bits per heavy atom. The molecule has 0 aromatic heterocycles. The molecule has 0 aromatic carbocycles. The van der Waals surface area contributed by atoms with Crippen molar-refractivity contribution < 1.29 is 4.79 Å². The molecule has 0 bridgehead atoms. The van der Waals surface area contributed by atoms with Crippen LogP contribution in [0.2, 0.25) is 0 Å². The van der Waals surface area contributed by atoms with Gasteiger partial charge in [-0.3, -0.25) is 4.79 Å². The Morgan fingerprint density at radius 3 is 2.50 bits per heavy atom. The van der Waals surface area contributed by atoms with E-state index in [1.54, 1.807) is 11.8 Å². The second kappa shape index (κ2) is 11.1. The van der Waals surface area contributed by atoms with E-state index >= 15 is 0 Å². The predicted octanol–water partition coefficient (Wildman–Crippen LogP) is 1.28. The highest BCUT2D eigenvalue weighted by atomic mass is 35.5. The van der Waals surface area contributed by atoms with E-state index < -0.39 is 0 Å². The maximum atomic E-state index is 11.2. The van der Waals surface area contributed by atoms with E-state index in [0.29, 0.717) is 0 Å². The van der Waals surface area contributed by atoms with Crippen molar-refractivity contribution in [3.8, 4) is 0 Å². The van der Waals surface area contributed by atoms with E-state index in [0.717, 1.165) is 26.1 Å². The van der Waals surface area contributed by atoms with Gasteiger partial charge in [-0.1, -0.05) is 6.92 Å². The minimum absolute atomic E-state index is 0. The summed E-state index contributed by atoms with van der Waals surface area (Å²) in [6.07, 6.45) is 3.08. The second-order valence-corrected chi connectivity index (χ2v) is 4.10. The molecule has 1 unspecified atom stereocenters. The van der Waals surface area contributed by atoms with Gasteiger partial charge in [-0.25, -0.2) is 0 Å². The topological polar surface area (TPSA) is 41.1 Å². The van der Waals surface area contributed by atoms with Crippen LogP contribution in [-0.4, -0.2) is 37.0 Å². The van der Waals surface area contributed by atoms with Gasteiger partial charge in [0.05, 0.1) is 5.25 Å². The summed E-state index contributed by atoms with van der Waals surface area (Å²) in [5.74, 6) is 0.130. The first-order valence-electron chi connectivity index (χ1n) is 4.73. The summed E-state index contributed by atoms with van der Waals surface area (Å²) in [4.78, 5) is 11.2. The Hall–Kier alpha value is 0.0700. The van der Waals surface area contributed by atoms with Gasteiger partial charge < -0.3 is 10.6 Å². The maximum Gasteiger partial charge on any atom is 0.232 e. The molecule has 2 N–H and O–H groups in total. The number of halogens is 1. The van der Waals surface area contributed by atoms with Crippen molar-refractivity contribution in [1.29, 1.82) is 0 Å². The molecule has 0 aliphatic rings. The zero-order valence-corrected chi connectivity index (χ0v) is 10.8. The van der Waals surface area contributed by atoms with E-state index in [9.17, 15) is 4.79 Å². The normalized spacial score (nSPS) is 11.6. The van der Waals surface area contributed by atoms with Gasteiger partial charge in [0, 0.05) is 13.1 Å². The predicted molar refractivity (Wildman–Crippen MR) is 66.4 cm³/mol. The van der Waals surface area contributed by atoms with E-state index in [4.69, 9.17) is 0 Å². The first-order chi connectivity index (χ1) is 6.22. The van der Waals surface area contributed by atoms with Crippen LogP contribution in [-0.2, 0) is 4.79 Å². The zero-order chi connectivity index (χ0) is 10.1. The number of rotatable bonds is 7. The van der Waals surface area contributed by atoms with Gasteiger partial charge in [-0.2, -0.15) is 11.8 Å². The molecular weight excluding hydrogens is 220 g/mol. The monoisotopic (exact) mass is 240 g/mol. The Morgan fingerprint density at radius 1 is 1.36 bits per heavy atom. The van der Waals surface area contributed by atoms with Gasteiger partial charge in [-0.05, 0) is 26.1 Å². The number of carbonyl (C=O) groups excluding carboxylic acids is 1. The number of hydrogen-bond acceptors (Lipinski definition) is 3. The highest BCUT2D eigenvalue weighted by Crippen LogP contribution is 2.03. The lowest BCUT2D eigenvalue weighted by Gasteiger charge is -2.09. The number of hydrogen-bond donors (Lipinski definition) is 2. The van der Waals surface area contributed by atoms with Crippen LogP contribution in [0.25, 0.3) is 0 Å². The van der Waals surface area contributed by atoms with Crippen LogP contribution in [0, 0.1) is 0 Å². The molecule has 0 heterocycles. The van der Waals surface area contributed by atoms with Gasteiger partial charge in [0.25, 0.3) is 0 Å². The molecule has 86 valence electrons. The lowest BCUT2D eigenvalue weighted by Crippen LogP contribution is -2.36. The van der Waals surface area contributed by atoms with Crippen molar-refractivity contribution in [2.45, 2.75) is 25.5 Å². The van der Waals surface area contributed by atoms with Crippen molar-refractivity contribution >= 4 is 30.1 Å². The first kappa shape index (κ1) is 16.5. The van der Waals surface area contributed by atoms with Crippen LogP contribution in [0.15, 0.2) is 0 Å². The van der Waals surface area contributed by atoms with Crippen LogP contribution in [0.4, 0.5) is 0 Å². The molecule has 0 fully saturated rings. The van der Waals surface area contributed by atoms with Crippen molar-refractivity contribution in [1.82, 2.24) is 10.6 Å². The largest absolute Gasteiger partial charge is 0.354 e. The third kappa shape index (κ3) is 8.66. The molecule has 0 saturated carbocycles. The minimum Gasteiger partial charge on any atom is -0.354 e. The third-order valence-electron chi connectivity index (χ3n) is 1.75. The van der Waals surface area contributed by atoms with Gasteiger partial charge in [0.1, 0.15) is 0 Å².